The number of pyridine rings is 1. The summed E-state index contributed by atoms with van der Waals surface area (Å²) in [6.45, 7) is -0.722. The monoisotopic (exact) mass is 351 g/mol. The van der Waals surface area contributed by atoms with Crippen LogP contribution in [0, 0.1) is 5.41 Å². The van der Waals surface area contributed by atoms with Crippen LogP contribution in [0.15, 0.2) is 30.6 Å². The number of aromatic nitrogens is 1. The molecule has 0 aliphatic heterocycles. The lowest BCUT2D eigenvalue weighted by molar-refractivity contribution is -0.140. The van der Waals surface area contributed by atoms with E-state index < -0.39 is 24.5 Å². The zero-order valence-electron chi connectivity index (χ0n) is 12.2. The Labute approximate surface area is 141 Å². The molecule has 24 heavy (non-hydrogen) atoms. The lowest BCUT2D eigenvalue weighted by Gasteiger charge is -2.16. The van der Waals surface area contributed by atoms with Crippen molar-refractivity contribution in [3.8, 4) is 0 Å². The van der Waals surface area contributed by atoms with Gasteiger partial charge in [-0.3, -0.25) is 15.2 Å². The number of benzene rings is 1. The largest absolute Gasteiger partial charge is 0.480 e. The van der Waals surface area contributed by atoms with Gasteiger partial charge in [0.15, 0.2) is 6.04 Å². The van der Waals surface area contributed by atoms with Gasteiger partial charge in [0, 0.05) is 34.3 Å². The van der Waals surface area contributed by atoms with Gasteiger partial charge in [-0.05, 0) is 12.1 Å². The van der Waals surface area contributed by atoms with Gasteiger partial charge >= 0.3 is 5.97 Å². The highest BCUT2D eigenvalue weighted by Crippen LogP contribution is 2.27. The molecule has 0 aliphatic rings. The van der Waals surface area contributed by atoms with Crippen LogP contribution in [0.5, 0.6) is 0 Å². The molecule has 0 unspecified atom stereocenters. The second-order valence-corrected chi connectivity index (χ2v) is 5.15. The van der Waals surface area contributed by atoms with Crippen molar-refractivity contribution in [3.63, 3.8) is 0 Å². The molecule has 0 saturated carbocycles. The second kappa shape index (κ2) is 7.11. The molecule has 1 atom stereocenters. The van der Waals surface area contributed by atoms with Crippen molar-refractivity contribution in [2.24, 2.45) is 5.73 Å². The minimum atomic E-state index is -1.39. The Morgan fingerprint density at radius 3 is 2.71 bits per heavy atom. The summed E-state index contributed by atoms with van der Waals surface area (Å²) in [6.07, 6.45) is 2.91. The summed E-state index contributed by atoms with van der Waals surface area (Å²) in [4.78, 5) is 26.9. The average Bonchev–Trinajstić information content (AvgIpc) is 2.57. The highest BCUT2D eigenvalue weighted by molar-refractivity contribution is 6.38. The maximum atomic E-state index is 12.1. The first kappa shape index (κ1) is 17.4. The number of carboxylic acids is 1. The van der Waals surface area contributed by atoms with E-state index in [0.29, 0.717) is 16.5 Å². The fraction of sp³-hybridized carbons (Fsp3) is 0.143. The summed E-state index contributed by atoms with van der Waals surface area (Å²) >= 11 is 5.92. The lowest BCUT2D eigenvalue weighted by atomic mass is 10.1. The molecule has 6 N–H and O–H groups in total. The molecule has 2 aromatic rings. The maximum Gasteiger partial charge on any atom is 0.328 e. The van der Waals surface area contributed by atoms with Crippen LogP contribution < -0.4 is 15.5 Å². The van der Waals surface area contributed by atoms with Crippen molar-refractivity contribution in [2.75, 3.05) is 11.0 Å². The summed E-state index contributed by atoms with van der Waals surface area (Å²) in [5.41, 5.74) is 5.89. The van der Waals surface area contributed by atoms with Gasteiger partial charge < -0.3 is 21.3 Å². The third kappa shape index (κ3) is 3.53. The number of carboxylic acid groups (broad SMARTS) is 1. The van der Waals surface area contributed by atoms with Crippen molar-refractivity contribution in [1.82, 2.24) is 10.3 Å². The van der Waals surface area contributed by atoms with Crippen LogP contribution in [0.3, 0.4) is 0 Å². The number of aliphatic carboxylic acids is 1. The standard InChI is InChI=1S/C14H14ClN5O4/c15-20(14(16)17)11-5-18-4-8-3-7(1-2-9(8)11)12(22)19-10(6-21)13(23)24/h1-5,10,21H,6H2,(H3,16,17)(H,19,22)(H,23,24)/t10-/m0/s1. The van der Waals surface area contributed by atoms with Crippen molar-refractivity contribution < 1.29 is 19.8 Å². The zero-order chi connectivity index (χ0) is 17.9. The number of halogens is 1. The Morgan fingerprint density at radius 2 is 2.12 bits per heavy atom. The number of rotatable bonds is 5. The van der Waals surface area contributed by atoms with Crippen LogP contribution >= 0.6 is 11.8 Å². The van der Waals surface area contributed by atoms with Gasteiger partial charge in [0.2, 0.25) is 5.96 Å². The summed E-state index contributed by atoms with van der Waals surface area (Å²) in [5, 5.41) is 28.5. The lowest BCUT2D eigenvalue weighted by Crippen LogP contribution is -2.43. The van der Waals surface area contributed by atoms with Crippen molar-refractivity contribution in [2.45, 2.75) is 6.04 Å². The second-order valence-electron chi connectivity index (χ2n) is 4.81. The topological polar surface area (TPSA) is 153 Å². The van der Waals surface area contributed by atoms with E-state index in [1.807, 2.05) is 0 Å². The molecule has 1 heterocycles. The van der Waals surface area contributed by atoms with Crippen LogP contribution in [0.1, 0.15) is 10.4 Å². The molecule has 0 saturated heterocycles. The van der Waals surface area contributed by atoms with Crippen molar-refractivity contribution >= 4 is 46.1 Å². The summed E-state index contributed by atoms with van der Waals surface area (Å²) in [7, 11) is 0. The van der Waals surface area contributed by atoms with Crippen LogP contribution in [-0.4, -0.2) is 45.7 Å². The number of guanidine groups is 1. The predicted octanol–water partition coefficient (Wildman–Crippen LogP) is 0.264. The molecular weight excluding hydrogens is 338 g/mol. The molecule has 0 bridgehead atoms. The van der Waals surface area contributed by atoms with Gasteiger partial charge in [0.1, 0.15) is 0 Å². The first-order chi connectivity index (χ1) is 11.3. The normalized spacial score (nSPS) is 11.8. The van der Waals surface area contributed by atoms with E-state index in [-0.39, 0.29) is 11.5 Å². The van der Waals surface area contributed by atoms with Crippen molar-refractivity contribution in [1.29, 1.82) is 5.41 Å². The van der Waals surface area contributed by atoms with E-state index in [9.17, 15) is 9.59 Å². The molecular formula is C14H14ClN5O4. The number of nitrogens with two attached hydrogens (primary N) is 1. The third-order valence-electron chi connectivity index (χ3n) is 3.21. The van der Waals surface area contributed by atoms with E-state index in [4.69, 9.17) is 33.1 Å². The van der Waals surface area contributed by atoms with E-state index in [0.717, 1.165) is 4.42 Å². The molecule has 0 spiro atoms. The highest BCUT2D eigenvalue weighted by Gasteiger charge is 2.20. The van der Waals surface area contributed by atoms with Crippen LogP contribution in [-0.2, 0) is 4.79 Å². The number of fused-ring (bicyclic) bond motifs is 1. The highest BCUT2D eigenvalue weighted by atomic mass is 35.5. The van der Waals surface area contributed by atoms with E-state index in [1.54, 1.807) is 6.07 Å². The predicted molar refractivity (Wildman–Crippen MR) is 88.0 cm³/mol. The quantitative estimate of drug-likeness (QED) is 0.294. The van der Waals surface area contributed by atoms with Crippen LogP contribution in [0.2, 0.25) is 0 Å². The van der Waals surface area contributed by atoms with Gasteiger partial charge in [-0.1, -0.05) is 6.07 Å². The summed E-state index contributed by atoms with van der Waals surface area (Å²) < 4.78 is 0.918. The number of carbonyl (C=O) groups is 2. The maximum absolute atomic E-state index is 12.1. The average molecular weight is 352 g/mol. The first-order valence-electron chi connectivity index (χ1n) is 6.67. The molecule has 2 rings (SSSR count). The number of anilines is 1. The molecule has 1 amide bonds. The van der Waals surface area contributed by atoms with Crippen LogP contribution in [0.25, 0.3) is 10.8 Å². The molecule has 9 nitrogen and oxygen atoms in total. The smallest absolute Gasteiger partial charge is 0.328 e. The van der Waals surface area contributed by atoms with E-state index in [2.05, 4.69) is 10.3 Å². The molecule has 1 aromatic heterocycles. The molecule has 0 radical (unpaired) electrons. The number of amides is 1. The fourth-order valence-electron chi connectivity index (χ4n) is 2.02. The molecule has 10 heteroatoms. The fourth-order valence-corrected chi connectivity index (χ4v) is 2.15. The number of hydrogen-bond acceptors (Lipinski definition) is 5. The number of nitrogens with zero attached hydrogens (tertiary/aromatic N) is 2. The minimum absolute atomic E-state index is 0.185. The van der Waals surface area contributed by atoms with Crippen LogP contribution in [0.4, 0.5) is 5.69 Å². The number of nitrogens with one attached hydrogen (secondary N) is 2. The Bertz CT molecular complexity index is 813. The summed E-state index contributed by atoms with van der Waals surface area (Å²) in [5.74, 6) is -2.38. The molecule has 0 aliphatic carbocycles. The molecule has 1 aromatic carbocycles. The van der Waals surface area contributed by atoms with Gasteiger partial charge in [-0.15, -0.1) is 0 Å². The summed E-state index contributed by atoms with van der Waals surface area (Å²) in [6, 6.07) is 3.13. The number of hydrogen-bond donors (Lipinski definition) is 5. The Balaban J connectivity index is 2.37. The number of carbonyl (C=O) groups excluding carboxylic acids is 1. The van der Waals surface area contributed by atoms with Gasteiger partial charge in [-0.25, -0.2) is 9.21 Å². The van der Waals surface area contributed by atoms with E-state index in [1.165, 1.54) is 24.5 Å². The molecule has 0 fully saturated rings. The number of aliphatic hydroxyl groups excluding tert-OH is 1. The zero-order valence-corrected chi connectivity index (χ0v) is 13.0. The van der Waals surface area contributed by atoms with Gasteiger partial charge in [0.05, 0.1) is 18.5 Å². The Hall–Kier alpha value is -2.91. The van der Waals surface area contributed by atoms with E-state index >= 15 is 0 Å². The Kier molecular flexibility index (Phi) is 5.17. The number of aliphatic hydroxyl groups is 1. The first-order valence-corrected chi connectivity index (χ1v) is 7.01. The van der Waals surface area contributed by atoms with Crippen molar-refractivity contribution in [3.05, 3.63) is 36.2 Å². The minimum Gasteiger partial charge on any atom is -0.480 e. The third-order valence-corrected chi connectivity index (χ3v) is 3.57. The Morgan fingerprint density at radius 1 is 1.42 bits per heavy atom. The van der Waals surface area contributed by atoms with Gasteiger partial charge in [-0.2, -0.15) is 0 Å². The SMILES string of the molecule is N=C(N)N(Cl)c1cncc2cc(C(=O)N[C@@H](CO)C(=O)O)ccc12. The van der Waals surface area contributed by atoms with Gasteiger partial charge in [0.25, 0.3) is 5.91 Å². The molecule has 126 valence electrons.